The topological polar surface area (TPSA) is 99.4 Å². The minimum atomic E-state index is -1.70. The van der Waals surface area contributed by atoms with Gasteiger partial charge in [-0.15, -0.1) is 0 Å². The first-order valence-corrected chi connectivity index (χ1v) is 9.30. The fourth-order valence-corrected chi connectivity index (χ4v) is 2.71. The average Bonchev–Trinajstić information content (AvgIpc) is 2.70. The largest absolute Gasteiger partial charge is 0.461 e. The Morgan fingerprint density at radius 2 is 1.83 bits per heavy atom. The van der Waals surface area contributed by atoms with Crippen LogP contribution in [0.5, 0.6) is 0 Å². The smallest absolute Gasteiger partial charge is 0.382 e. The number of carbonyl (C=O) groups excluding carboxylic acids is 2. The average molecular weight is 423 g/mol. The molecule has 158 valence electrons. The maximum atomic E-state index is 12.6. The van der Waals surface area contributed by atoms with Gasteiger partial charge in [-0.05, 0) is 42.8 Å². The monoisotopic (exact) mass is 422 g/mol. The molecule has 0 fully saturated rings. The molecule has 0 N–H and O–H groups in total. The van der Waals surface area contributed by atoms with E-state index in [0.717, 1.165) is 0 Å². The normalized spacial score (nSPS) is 11.7. The Labute approximate surface area is 176 Å². The number of pyridine rings is 1. The van der Waals surface area contributed by atoms with E-state index in [1.165, 1.54) is 24.5 Å². The van der Waals surface area contributed by atoms with Gasteiger partial charge >= 0.3 is 12.0 Å². The van der Waals surface area contributed by atoms with Gasteiger partial charge in [0.1, 0.15) is 0 Å². The van der Waals surface area contributed by atoms with Crippen molar-refractivity contribution in [3.05, 3.63) is 75.1 Å². The molecule has 7 nitrogen and oxygen atoms in total. The highest BCUT2D eigenvalue weighted by Crippen LogP contribution is 2.28. The Kier molecular flexibility index (Phi) is 12.1. The van der Waals surface area contributed by atoms with Gasteiger partial charge in [-0.1, -0.05) is 38.9 Å². The number of esters is 1. The van der Waals surface area contributed by atoms with Gasteiger partial charge in [-0.3, -0.25) is 19.9 Å². The molecule has 0 amide bonds. The molecule has 29 heavy (non-hydrogen) atoms. The summed E-state index contributed by atoms with van der Waals surface area (Å²) in [4.78, 5) is 39.5. The van der Waals surface area contributed by atoms with Crippen LogP contribution in [0.25, 0.3) is 0 Å². The van der Waals surface area contributed by atoms with Crippen LogP contribution in [0.4, 0.5) is 0 Å². The third-order valence-corrected chi connectivity index (χ3v) is 4.07. The first-order chi connectivity index (χ1) is 13.4. The summed E-state index contributed by atoms with van der Waals surface area (Å²) in [7, 11) is 0. The lowest BCUT2D eigenvalue weighted by Gasteiger charge is -2.19. The van der Waals surface area contributed by atoms with Gasteiger partial charge in [0.05, 0.1) is 12.5 Å². The van der Waals surface area contributed by atoms with Crippen molar-refractivity contribution in [3.8, 4) is 0 Å². The summed E-state index contributed by atoms with van der Waals surface area (Å²) in [6, 6.07) is 7.69. The molecule has 0 aliphatic rings. The lowest BCUT2D eigenvalue weighted by molar-refractivity contribution is -0.514. The molecule has 0 aliphatic carbocycles. The quantitative estimate of drug-likeness (QED) is 0.258. The van der Waals surface area contributed by atoms with Gasteiger partial charge in [0.25, 0.3) is 0 Å². The SMILES string of the molecule is C.CC.CCOC(=O)C(C(CC(=O)c1ccc(Cl)cc1)c1cccnc1)[N+](=O)[O-]. The van der Waals surface area contributed by atoms with Crippen molar-refractivity contribution in [2.45, 2.75) is 46.6 Å². The van der Waals surface area contributed by atoms with Crippen molar-refractivity contribution < 1.29 is 19.2 Å². The highest BCUT2D eigenvalue weighted by Gasteiger charge is 2.42. The maximum absolute atomic E-state index is 12.6. The van der Waals surface area contributed by atoms with E-state index in [1.54, 1.807) is 31.2 Å². The molecule has 1 heterocycles. The van der Waals surface area contributed by atoms with Crippen molar-refractivity contribution in [1.82, 2.24) is 4.98 Å². The summed E-state index contributed by atoms with van der Waals surface area (Å²) in [6.07, 6.45) is 2.68. The van der Waals surface area contributed by atoms with Crippen LogP contribution in [0.3, 0.4) is 0 Å². The van der Waals surface area contributed by atoms with Crippen molar-refractivity contribution in [3.63, 3.8) is 0 Å². The molecule has 0 bridgehead atoms. The Morgan fingerprint density at radius 1 is 1.21 bits per heavy atom. The van der Waals surface area contributed by atoms with Crippen molar-refractivity contribution in [2.24, 2.45) is 0 Å². The second-order valence-electron chi connectivity index (χ2n) is 5.51. The van der Waals surface area contributed by atoms with Crippen LogP contribution in [0.15, 0.2) is 48.8 Å². The molecule has 2 aromatic rings. The Balaban J connectivity index is 0.00000253. The number of hydrogen-bond acceptors (Lipinski definition) is 6. The van der Waals surface area contributed by atoms with Gasteiger partial charge in [0, 0.05) is 34.3 Å². The number of aromatic nitrogens is 1. The van der Waals surface area contributed by atoms with E-state index in [1.807, 2.05) is 13.8 Å². The van der Waals surface area contributed by atoms with Crippen LogP contribution in [-0.4, -0.2) is 34.3 Å². The lowest BCUT2D eigenvalue weighted by Crippen LogP contribution is -2.38. The number of ether oxygens (including phenoxy) is 1. The summed E-state index contributed by atoms with van der Waals surface area (Å²) >= 11 is 5.82. The standard InChI is InChI=1S/C18H17ClN2O5.C2H6.CH4/c1-2-26-18(23)17(21(24)25)15(13-4-3-9-20-11-13)10-16(22)12-5-7-14(19)8-6-12;1-2;/h3-9,11,15,17H,2,10H2,1H3;1-2H3;1H4. The Hall–Kier alpha value is -2.80. The van der Waals surface area contributed by atoms with Crippen LogP contribution in [-0.2, 0) is 9.53 Å². The van der Waals surface area contributed by atoms with Crippen LogP contribution >= 0.6 is 11.6 Å². The van der Waals surface area contributed by atoms with Crippen LogP contribution in [0, 0.1) is 10.1 Å². The maximum Gasteiger partial charge on any atom is 0.382 e. The predicted octanol–water partition coefficient (Wildman–Crippen LogP) is 4.96. The molecule has 0 saturated heterocycles. The first-order valence-electron chi connectivity index (χ1n) is 8.92. The Morgan fingerprint density at radius 3 is 2.31 bits per heavy atom. The zero-order valence-corrected chi connectivity index (χ0v) is 16.8. The molecule has 0 saturated carbocycles. The molecular formula is C21H27ClN2O5. The third-order valence-electron chi connectivity index (χ3n) is 3.82. The van der Waals surface area contributed by atoms with Gasteiger partial charge in [0.15, 0.2) is 5.78 Å². The second kappa shape index (κ2) is 13.4. The van der Waals surface area contributed by atoms with E-state index in [-0.39, 0.29) is 26.2 Å². The van der Waals surface area contributed by atoms with Crippen LogP contribution in [0.2, 0.25) is 5.02 Å². The number of nitro groups is 1. The Bertz CT molecular complexity index is 781. The fraction of sp³-hybridized carbons (Fsp3) is 0.381. The summed E-state index contributed by atoms with van der Waals surface area (Å²) in [5.41, 5.74) is 0.777. The number of halogens is 1. The van der Waals surface area contributed by atoms with E-state index >= 15 is 0 Å². The van der Waals surface area contributed by atoms with E-state index in [4.69, 9.17) is 16.3 Å². The van der Waals surface area contributed by atoms with E-state index in [9.17, 15) is 19.7 Å². The van der Waals surface area contributed by atoms with E-state index in [0.29, 0.717) is 16.1 Å². The number of rotatable bonds is 8. The molecule has 8 heteroatoms. The van der Waals surface area contributed by atoms with E-state index in [2.05, 4.69) is 4.98 Å². The zero-order valence-electron chi connectivity index (χ0n) is 16.0. The number of benzene rings is 1. The molecule has 0 aliphatic heterocycles. The predicted molar refractivity (Wildman–Crippen MR) is 113 cm³/mol. The molecule has 1 aromatic heterocycles. The number of nitrogens with zero attached hydrogens (tertiary/aromatic N) is 2. The molecule has 2 rings (SSSR count). The first kappa shape index (κ1) is 26.2. The molecule has 1 aromatic carbocycles. The van der Waals surface area contributed by atoms with Gasteiger partial charge in [-0.2, -0.15) is 0 Å². The molecule has 2 unspecified atom stereocenters. The summed E-state index contributed by atoms with van der Waals surface area (Å²) in [5.74, 6) is -2.32. The van der Waals surface area contributed by atoms with Crippen LogP contribution in [0.1, 0.15) is 56.5 Å². The van der Waals surface area contributed by atoms with Crippen LogP contribution < -0.4 is 0 Å². The van der Waals surface area contributed by atoms with Crippen molar-refractivity contribution in [2.75, 3.05) is 6.61 Å². The van der Waals surface area contributed by atoms with E-state index < -0.39 is 22.9 Å². The number of hydrogen-bond donors (Lipinski definition) is 0. The number of carbonyl (C=O) groups is 2. The minimum Gasteiger partial charge on any atom is -0.461 e. The lowest BCUT2D eigenvalue weighted by atomic mass is 9.86. The van der Waals surface area contributed by atoms with Gasteiger partial charge in [-0.25, -0.2) is 4.79 Å². The highest BCUT2D eigenvalue weighted by molar-refractivity contribution is 6.30. The molecule has 2 atom stereocenters. The fourth-order valence-electron chi connectivity index (χ4n) is 2.59. The second-order valence-corrected chi connectivity index (χ2v) is 5.95. The third kappa shape index (κ3) is 7.62. The van der Waals surface area contributed by atoms with Gasteiger partial charge in [0.2, 0.25) is 0 Å². The summed E-state index contributed by atoms with van der Waals surface area (Å²) in [5, 5.41) is 12.0. The zero-order chi connectivity index (χ0) is 21.1. The van der Waals surface area contributed by atoms with Gasteiger partial charge < -0.3 is 4.74 Å². The molecular weight excluding hydrogens is 396 g/mol. The minimum absolute atomic E-state index is 0. The number of ketones is 1. The summed E-state index contributed by atoms with van der Waals surface area (Å²) < 4.78 is 4.84. The van der Waals surface area contributed by atoms with Crippen molar-refractivity contribution >= 4 is 23.4 Å². The summed E-state index contributed by atoms with van der Waals surface area (Å²) in [6.45, 7) is 5.57. The molecule has 0 spiro atoms. The van der Waals surface area contributed by atoms with Crippen molar-refractivity contribution in [1.29, 1.82) is 0 Å². The highest BCUT2D eigenvalue weighted by atomic mass is 35.5. The molecule has 0 radical (unpaired) electrons. The number of Topliss-reactive ketones (excluding diaryl/α,β-unsaturated/α-hetero) is 1.